The molecule has 1 N–H and O–H groups in total. The zero-order valence-corrected chi connectivity index (χ0v) is 7.17. The number of rotatable bonds is 3. The Hall–Kier alpha value is -0.250. The highest BCUT2D eigenvalue weighted by atomic mass is 19.4. The molecule has 0 aromatic heterocycles. The summed E-state index contributed by atoms with van der Waals surface area (Å²) >= 11 is 0. The van der Waals surface area contributed by atoms with Gasteiger partial charge in [0.2, 0.25) is 0 Å². The van der Waals surface area contributed by atoms with Gasteiger partial charge in [-0.2, -0.15) is 13.2 Å². The Balaban J connectivity index is 2.30. The first-order chi connectivity index (χ1) is 5.47. The molecule has 1 fully saturated rings. The average molecular weight is 181 g/mol. The summed E-state index contributed by atoms with van der Waals surface area (Å²) in [5.41, 5.74) is -0.199. The van der Waals surface area contributed by atoms with Crippen LogP contribution in [0.4, 0.5) is 13.2 Å². The van der Waals surface area contributed by atoms with Crippen LogP contribution in [-0.4, -0.2) is 18.3 Å². The van der Waals surface area contributed by atoms with E-state index in [0.29, 0.717) is 0 Å². The van der Waals surface area contributed by atoms with E-state index < -0.39 is 12.7 Å². The van der Waals surface area contributed by atoms with Crippen LogP contribution in [0.5, 0.6) is 0 Å². The second-order valence-corrected chi connectivity index (χ2v) is 3.46. The maximum absolute atomic E-state index is 11.8. The summed E-state index contributed by atoms with van der Waals surface area (Å²) in [7, 11) is 0. The van der Waals surface area contributed by atoms with Crippen molar-refractivity contribution in [3.05, 3.63) is 0 Å². The second-order valence-electron chi connectivity index (χ2n) is 3.46. The second kappa shape index (κ2) is 3.24. The fourth-order valence-corrected chi connectivity index (χ4v) is 1.55. The quantitative estimate of drug-likeness (QED) is 0.705. The predicted octanol–water partition coefficient (Wildman–Crippen LogP) is 2.47. The third-order valence-corrected chi connectivity index (χ3v) is 2.65. The summed E-state index contributed by atoms with van der Waals surface area (Å²) in [6.45, 7) is 1.09. The van der Waals surface area contributed by atoms with E-state index in [0.717, 1.165) is 25.7 Å². The Labute approximate surface area is 70.3 Å². The molecule has 1 rings (SSSR count). The summed E-state index contributed by atoms with van der Waals surface area (Å²) in [6.07, 6.45) is -0.446. The lowest BCUT2D eigenvalue weighted by Crippen LogP contribution is -2.53. The van der Waals surface area contributed by atoms with Crippen LogP contribution in [0.25, 0.3) is 0 Å². The van der Waals surface area contributed by atoms with Crippen LogP contribution in [0.15, 0.2) is 0 Å². The molecular formula is C8H14F3N. The van der Waals surface area contributed by atoms with Gasteiger partial charge in [-0.25, -0.2) is 0 Å². The molecule has 0 atom stereocenters. The monoisotopic (exact) mass is 181 g/mol. The molecule has 1 nitrogen and oxygen atoms in total. The van der Waals surface area contributed by atoms with Crippen molar-refractivity contribution in [2.24, 2.45) is 0 Å². The molecule has 0 bridgehead atoms. The third-order valence-electron chi connectivity index (χ3n) is 2.65. The fourth-order valence-electron chi connectivity index (χ4n) is 1.55. The van der Waals surface area contributed by atoms with Crippen LogP contribution in [0.2, 0.25) is 0 Å². The summed E-state index contributed by atoms with van der Waals surface area (Å²) in [4.78, 5) is 0. The highest BCUT2D eigenvalue weighted by Crippen LogP contribution is 2.35. The highest BCUT2D eigenvalue weighted by Gasteiger charge is 2.38. The van der Waals surface area contributed by atoms with Crippen LogP contribution < -0.4 is 5.32 Å². The van der Waals surface area contributed by atoms with E-state index in [1.165, 1.54) is 0 Å². The maximum atomic E-state index is 11.8. The Morgan fingerprint density at radius 3 is 2.17 bits per heavy atom. The average Bonchev–Trinajstić information content (AvgIpc) is 1.84. The molecule has 0 heterocycles. The predicted molar refractivity (Wildman–Crippen MR) is 40.9 cm³/mol. The molecule has 0 amide bonds. The van der Waals surface area contributed by atoms with E-state index in [1.54, 1.807) is 0 Å². The summed E-state index contributed by atoms with van der Waals surface area (Å²) < 4.78 is 35.5. The first-order valence-corrected chi connectivity index (χ1v) is 4.29. The van der Waals surface area contributed by atoms with Gasteiger partial charge in [-0.3, -0.25) is 0 Å². The highest BCUT2D eigenvalue weighted by molar-refractivity contribution is 4.94. The van der Waals surface area contributed by atoms with Gasteiger partial charge >= 0.3 is 6.18 Å². The molecule has 72 valence electrons. The fraction of sp³-hybridized carbons (Fsp3) is 1.00. The third kappa shape index (κ3) is 2.37. The number of hydrogen-bond donors (Lipinski definition) is 1. The Bertz CT molecular complexity index is 143. The maximum Gasteiger partial charge on any atom is 0.401 e. The molecule has 0 aliphatic heterocycles. The molecule has 0 radical (unpaired) electrons. The van der Waals surface area contributed by atoms with Crippen LogP contribution in [0.1, 0.15) is 32.6 Å². The summed E-state index contributed by atoms with van der Waals surface area (Å²) in [6, 6.07) is 0. The first-order valence-electron chi connectivity index (χ1n) is 4.29. The Morgan fingerprint density at radius 2 is 1.92 bits per heavy atom. The topological polar surface area (TPSA) is 12.0 Å². The van der Waals surface area contributed by atoms with Gasteiger partial charge in [0.15, 0.2) is 0 Å². The van der Waals surface area contributed by atoms with Gasteiger partial charge in [-0.15, -0.1) is 0 Å². The zero-order valence-electron chi connectivity index (χ0n) is 7.17. The molecule has 0 aromatic carbocycles. The van der Waals surface area contributed by atoms with Gasteiger partial charge in [0, 0.05) is 5.54 Å². The lowest BCUT2D eigenvalue weighted by molar-refractivity contribution is -0.131. The first kappa shape index (κ1) is 9.84. The van der Waals surface area contributed by atoms with Crippen LogP contribution in [-0.2, 0) is 0 Å². The largest absolute Gasteiger partial charge is 0.401 e. The summed E-state index contributed by atoms with van der Waals surface area (Å²) in [5.74, 6) is 0. The molecule has 0 saturated heterocycles. The molecule has 1 saturated carbocycles. The van der Waals surface area contributed by atoms with Crippen molar-refractivity contribution >= 4 is 0 Å². The molecule has 0 aromatic rings. The normalized spacial score (nSPS) is 22.0. The van der Waals surface area contributed by atoms with Crippen molar-refractivity contribution in [2.75, 3.05) is 6.54 Å². The zero-order chi connectivity index (χ0) is 9.24. The number of nitrogens with one attached hydrogen (secondary N) is 1. The molecule has 4 heteroatoms. The van der Waals surface area contributed by atoms with Crippen molar-refractivity contribution in [2.45, 2.75) is 44.3 Å². The van der Waals surface area contributed by atoms with Gasteiger partial charge in [-0.05, 0) is 25.7 Å². The van der Waals surface area contributed by atoms with Crippen LogP contribution in [0.3, 0.4) is 0 Å². The lowest BCUT2D eigenvalue weighted by Gasteiger charge is -2.42. The van der Waals surface area contributed by atoms with Gasteiger partial charge in [0.1, 0.15) is 0 Å². The molecule has 12 heavy (non-hydrogen) atoms. The van der Waals surface area contributed by atoms with E-state index in [4.69, 9.17) is 0 Å². The van der Waals surface area contributed by atoms with Crippen molar-refractivity contribution in [1.29, 1.82) is 0 Å². The Morgan fingerprint density at radius 1 is 1.33 bits per heavy atom. The van der Waals surface area contributed by atoms with Gasteiger partial charge in [0.05, 0.1) is 6.54 Å². The van der Waals surface area contributed by atoms with E-state index >= 15 is 0 Å². The van der Waals surface area contributed by atoms with E-state index in [2.05, 4.69) is 5.32 Å². The molecule has 0 unspecified atom stereocenters. The molecule has 1 aliphatic rings. The number of hydrogen-bond acceptors (Lipinski definition) is 1. The number of alkyl halides is 3. The van der Waals surface area contributed by atoms with Crippen molar-refractivity contribution in [1.82, 2.24) is 5.32 Å². The Kier molecular flexibility index (Phi) is 2.66. The van der Waals surface area contributed by atoms with Crippen molar-refractivity contribution < 1.29 is 13.2 Å². The van der Waals surface area contributed by atoms with Gasteiger partial charge < -0.3 is 5.32 Å². The van der Waals surface area contributed by atoms with Gasteiger partial charge in [0.25, 0.3) is 0 Å². The van der Waals surface area contributed by atoms with E-state index in [-0.39, 0.29) is 5.54 Å². The molecular weight excluding hydrogens is 167 g/mol. The van der Waals surface area contributed by atoms with Gasteiger partial charge in [-0.1, -0.05) is 6.92 Å². The van der Waals surface area contributed by atoms with Crippen molar-refractivity contribution in [3.63, 3.8) is 0 Å². The lowest BCUT2D eigenvalue weighted by atomic mass is 9.75. The van der Waals surface area contributed by atoms with E-state index in [1.807, 2.05) is 6.92 Å². The smallest absolute Gasteiger partial charge is 0.303 e. The standard InChI is InChI=1S/C8H14F3N/c1-2-7(4-3-5-7)12-6-8(9,10)11/h12H,2-6H2,1H3. The molecule has 0 spiro atoms. The SMILES string of the molecule is CCC1(NCC(F)(F)F)CCC1. The molecule has 1 aliphatic carbocycles. The van der Waals surface area contributed by atoms with Crippen molar-refractivity contribution in [3.8, 4) is 0 Å². The minimum absolute atomic E-state index is 0.199. The summed E-state index contributed by atoms with van der Waals surface area (Å²) in [5, 5.41) is 2.60. The minimum atomic E-state index is -4.07. The van der Waals surface area contributed by atoms with E-state index in [9.17, 15) is 13.2 Å². The minimum Gasteiger partial charge on any atom is -0.303 e. The number of halogens is 3. The van der Waals surface area contributed by atoms with Crippen LogP contribution in [0, 0.1) is 0 Å². The van der Waals surface area contributed by atoms with Crippen LogP contribution >= 0.6 is 0 Å².